The molecule has 0 unspecified atom stereocenters. The quantitative estimate of drug-likeness (QED) is 0.752. The molecule has 0 N–H and O–H groups in total. The van der Waals surface area contributed by atoms with Gasteiger partial charge in [-0.05, 0) is 40.0 Å². The van der Waals surface area contributed by atoms with Gasteiger partial charge in [0.25, 0.3) is 0 Å². The van der Waals surface area contributed by atoms with Crippen LogP contribution in [-0.4, -0.2) is 13.7 Å². The van der Waals surface area contributed by atoms with E-state index in [4.69, 9.17) is 9.47 Å². The Morgan fingerprint density at radius 2 is 2.07 bits per heavy atom. The molecule has 0 saturated carbocycles. The smallest absolute Gasteiger partial charge is 0.175 e. The highest BCUT2D eigenvalue weighted by atomic mass is 79.9. The minimum absolute atomic E-state index is 0.697. The normalized spacial score (nSPS) is 10.1. The molecule has 1 aromatic carbocycles. The van der Waals surface area contributed by atoms with Crippen LogP contribution in [0.15, 0.2) is 16.6 Å². The van der Waals surface area contributed by atoms with Crippen LogP contribution in [0.25, 0.3) is 0 Å². The highest BCUT2D eigenvalue weighted by Gasteiger charge is 2.10. The predicted octanol–water partition coefficient (Wildman–Crippen LogP) is 4.14. The van der Waals surface area contributed by atoms with Crippen molar-refractivity contribution >= 4 is 31.9 Å². The van der Waals surface area contributed by atoms with Crippen molar-refractivity contribution in [1.29, 1.82) is 0 Å². The number of rotatable bonds is 5. The van der Waals surface area contributed by atoms with Crippen LogP contribution in [0.4, 0.5) is 0 Å². The first-order chi connectivity index (χ1) is 7.22. The molecule has 0 heterocycles. The monoisotopic (exact) mass is 336 g/mol. The van der Waals surface area contributed by atoms with Gasteiger partial charge >= 0.3 is 0 Å². The molecule has 4 heteroatoms. The molecule has 84 valence electrons. The summed E-state index contributed by atoms with van der Waals surface area (Å²) in [5.74, 6) is 1.55. The van der Waals surface area contributed by atoms with Gasteiger partial charge in [-0.2, -0.15) is 0 Å². The summed E-state index contributed by atoms with van der Waals surface area (Å²) in [7, 11) is 1.65. The topological polar surface area (TPSA) is 18.5 Å². The molecule has 0 aliphatic carbocycles. The third kappa shape index (κ3) is 3.38. The maximum absolute atomic E-state index is 5.62. The van der Waals surface area contributed by atoms with Gasteiger partial charge in [0.05, 0.1) is 18.2 Å². The lowest BCUT2D eigenvalue weighted by Gasteiger charge is -2.13. The fraction of sp³-hybridized carbons (Fsp3) is 0.455. The van der Waals surface area contributed by atoms with Crippen molar-refractivity contribution in [3.63, 3.8) is 0 Å². The highest BCUT2D eigenvalue weighted by Crippen LogP contribution is 2.37. The summed E-state index contributed by atoms with van der Waals surface area (Å²) in [5, 5.41) is 0.802. The van der Waals surface area contributed by atoms with E-state index in [2.05, 4.69) is 38.8 Å². The SMILES string of the molecule is CCCOc1c(Br)cc(CBr)cc1OC. The Balaban J connectivity index is 3.01. The molecule has 2 nitrogen and oxygen atoms in total. The third-order valence-corrected chi connectivity index (χ3v) is 3.13. The van der Waals surface area contributed by atoms with E-state index >= 15 is 0 Å². The van der Waals surface area contributed by atoms with Crippen molar-refractivity contribution in [3.05, 3.63) is 22.2 Å². The van der Waals surface area contributed by atoms with Crippen molar-refractivity contribution in [2.45, 2.75) is 18.7 Å². The summed E-state index contributed by atoms with van der Waals surface area (Å²) in [4.78, 5) is 0. The van der Waals surface area contributed by atoms with E-state index in [0.717, 1.165) is 33.3 Å². The molecule has 1 aromatic rings. The Labute approximate surface area is 107 Å². The van der Waals surface area contributed by atoms with Crippen LogP contribution in [0.5, 0.6) is 11.5 Å². The lowest BCUT2D eigenvalue weighted by molar-refractivity contribution is 0.292. The van der Waals surface area contributed by atoms with E-state index in [-0.39, 0.29) is 0 Å². The van der Waals surface area contributed by atoms with E-state index in [1.54, 1.807) is 7.11 Å². The summed E-state index contributed by atoms with van der Waals surface area (Å²) in [6.07, 6.45) is 0.982. The minimum atomic E-state index is 0.697. The Kier molecular flexibility index (Phi) is 5.47. The van der Waals surface area contributed by atoms with Gasteiger partial charge in [-0.25, -0.2) is 0 Å². The van der Waals surface area contributed by atoms with Crippen LogP contribution >= 0.6 is 31.9 Å². The number of hydrogen-bond donors (Lipinski definition) is 0. The van der Waals surface area contributed by atoms with Gasteiger partial charge < -0.3 is 9.47 Å². The van der Waals surface area contributed by atoms with Crippen LogP contribution in [0.2, 0.25) is 0 Å². The van der Waals surface area contributed by atoms with Crippen LogP contribution in [0, 0.1) is 0 Å². The second-order valence-electron chi connectivity index (χ2n) is 3.09. The molecule has 0 atom stereocenters. The number of methoxy groups -OCH3 is 1. The van der Waals surface area contributed by atoms with Gasteiger partial charge in [-0.15, -0.1) is 0 Å². The number of ether oxygens (including phenoxy) is 2. The summed E-state index contributed by atoms with van der Waals surface area (Å²) >= 11 is 6.90. The number of alkyl halides is 1. The Bertz CT molecular complexity index is 327. The van der Waals surface area contributed by atoms with Gasteiger partial charge in [0, 0.05) is 5.33 Å². The summed E-state index contributed by atoms with van der Waals surface area (Å²) in [5.41, 5.74) is 1.16. The number of hydrogen-bond acceptors (Lipinski definition) is 2. The zero-order chi connectivity index (χ0) is 11.3. The van der Waals surface area contributed by atoms with Crippen molar-refractivity contribution in [1.82, 2.24) is 0 Å². The van der Waals surface area contributed by atoms with Crippen molar-refractivity contribution < 1.29 is 9.47 Å². The largest absolute Gasteiger partial charge is 0.493 e. The zero-order valence-corrected chi connectivity index (χ0v) is 12.0. The molecular weight excluding hydrogens is 324 g/mol. The first kappa shape index (κ1) is 12.8. The molecule has 0 bridgehead atoms. The fourth-order valence-corrected chi connectivity index (χ4v) is 2.12. The molecule has 1 rings (SSSR count). The molecule has 0 fully saturated rings. The molecule has 0 saturated heterocycles. The fourth-order valence-electron chi connectivity index (χ4n) is 1.19. The third-order valence-electron chi connectivity index (χ3n) is 1.89. The van der Waals surface area contributed by atoms with E-state index in [9.17, 15) is 0 Å². The average Bonchev–Trinajstić information content (AvgIpc) is 2.26. The average molecular weight is 338 g/mol. The number of benzene rings is 1. The van der Waals surface area contributed by atoms with E-state index in [1.807, 2.05) is 12.1 Å². The van der Waals surface area contributed by atoms with Crippen LogP contribution < -0.4 is 9.47 Å². The Hall–Kier alpha value is -0.220. The standard InChI is InChI=1S/C11H14Br2O2/c1-3-4-15-11-9(13)5-8(7-12)6-10(11)14-2/h5-6H,3-4,7H2,1-2H3. The summed E-state index contributed by atoms with van der Waals surface area (Å²) in [6.45, 7) is 2.77. The van der Waals surface area contributed by atoms with Gasteiger partial charge in [0.1, 0.15) is 0 Å². The minimum Gasteiger partial charge on any atom is -0.493 e. The summed E-state index contributed by atoms with van der Waals surface area (Å²) in [6, 6.07) is 4.01. The van der Waals surface area contributed by atoms with Crippen LogP contribution in [0.3, 0.4) is 0 Å². The summed E-state index contributed by atoms with van der Waals surface area (Å²) < 4.78 is 11.8. The first-order valence-electron chi connectivity index (χ1n) is 4.78. The second-order valence-corrected chi connectivity index (χ2v) is 4.51. The van der Waals surface area contributed by atoms with Crippen LogP contribution in [0.1, 0.15) is 18.9 Å². The lowest BCUT2D eigenvalue weighted by Crippen LogP contribution is -1.99. The highest BCUT2D eigenvalue weighted by molar-refractivity contribution is 9.10. The van der Waals surface area contributed by atoms with Crippen molar-refractivity contribution in [2.75, 3.05) is 13.7 Å². The molecule has 0 aliphatic rings. The van der Waals surface area contributed by atoms with E-state index in [0.29, 0.717) is 6.61 Å². The second kappa shape index (κ2) is 6.38. The van der Waals surface area contributed by atoms with Gasteiger partial charge in [-0.3, -0.25) is 0 Å². The van der Waals surface area contributed by atoms with Gasteiger partial charge in [-0.1, -0.05) is 22.9 Å². The zero-order valence-electron chi connectivity index (χ0n) is 8.85. The van der Waals surface area contributed by atoms with Gasteiger partial charge in [0.15, 0.2) is 11.5 Å². The van der Waals surface area contributed by atoms with Crippen LogP contribution in [-0.2, 0) is 5.33 Å². The van der Waals surface area contributed by atoms with E-state index in [1.165, 1.54) is 0 Å². The maximum atomic E-state index is 5.62. The van der Waals surface area contributed by atoms with Crippen molar-refractivity contribution in [2.24, 2.45) is 0 Å². The lowest BCUT2D eigenvalue weighted by atomic mass is 10.2. The van der Waals surface area contributed by atoms with Gasteiger partial charge in [0.2, 0.25) is 0 Å². The molecule has 15 heavy (non-hydrogen) atoms. The molecule has 0 aliphatic heterocycles. The van der Waals surface area contributed by atoms with E-state index < -0.39 is 0 Å². The number of halogens is 2. The molecular formula is C11H14Br2O2. The Morgan fingerprint density at radius 3 is 2.60 bits per heavy atom. The first-order valence-corrected chi connectivity index (χ1v) is 6.69. The Morgan fingerprint density at radius 1 is 1.33 bits per heavy atom. The molecule has 0 amide bonds. The predicted molar refractivity (Wildman–Crippen MR) is 69.1 cm³/mol. The van der Waals surface area contributed by atoms with Crippen molar-refractivity contribution in [3.8, 4) is 11.5 Å². The maximum Gasteiger partial charge on any atom is 0.175 e. The molecule has 0 spiro atoms. The molecule has 0 radical (unpaired) electrons. The molecule has 0 aromatic heterocycles.